The van der Waals surface area contributed by atoms with Crippen LogP contribution in [0.3, 0.4) is 0 Å². The van der Waals surface area contributed by atoms with Crippen LogP contribution < -0.4 is 16.4 Å². The second kappa shape index (κ2) is 14.1. The lowest BCUT2D eigenvalue weighted by Gasteiger charge is -2.36. The van der Waals surface area contributed by atoms with E-state index in [0.717, 1.165) is 159 Å². The van der Waals surface area contributed by atoms with Gasteiger partial charge in [-0.3, -0.25) is 0 Å². The molecule has 0 saturated heterocycles. The minimum atomic E-state index is -0.258. The van der Waals surface area contributed by atoms with E-state index in [-0.39, 0.29) is 6.71 Å². The zero-order valence-corrected chi connectivity index (χ0v) is 40.3. The third-order valence-corrected chi connectivity index (χ3v) is 16.9. The van der Waals surface area contributed by atoms with Crippen LogP contribution in [0.25, 0.3) is 153 Å². The molecule has 18 rings (SSSR count). The number of para-hydroxylation sites is 6. The zero-order chi connectivity index (χ0) is 49.7. The first kappa shape index (κ1) is 40.0. The lowest BCUT2D eigenvalue weighted by molar-refractivity contribution is 0.668. The molecule has 7 heterocycles. The monoisotopic (exact) mass is 963 g/mol. The van der Waals surface area contributed by atoms with Gasteiger partial charge in [-0.2, -0.15) is 5.26 Å². The summed E-state index contributed by atoms with van der Waals surface area (Å²) in [5.74, 6) is 0. The molecule has 11 aromatic carbocycles. The highest BCUT2D eigenvalue weighted by molar-refractivity contribution is 7.00. The Labute approximate surface area is 432 Å². The maximum Gasteiger partial charge on any atom is 0.250 e. The second-order valence-electron chi connectivity index (χ2n) is 20.4. The molecule has 5 aromatic heterocycles. The van der Waals surface area contributed by atoms with Crippen molar-refractivity contribution in [2.24, 2.45) is 0 Å². The summed E-state index contributed by atoms with van der Waals surface area (Å²) in [6.07, 6.45) is 0. The molecule has 0 unspecified atom stereocenters. The number of furan rings is 2. The Morgan fingerprint density at radius 2 is 0.816 bits per heavy atom. The van der Waals surface area contributed by atoms with Crippen LogP contribution in [-0.4, -0.2) is 20.4 Å². The van der Waals surface area contributed by atoms with Crippen molar-refractivity contribution in [3.8, 4) is 45.4 Å². The third-order valence-electron chi connectivity index (χ3n) is 16.9. The average molecular weight is 964 g/mol. The van der Waals surface area contributed by atoms with Gasteiger partial charge in [-0.05, 0) is 99.3 Å². The summed E-state index contributed by atoms with van der Waals surface area (Å²) in [6.45, 7) is 9.34. The van der Waals surface area contributed by atoms with Crippen LogP contribution in [0, 0.1) is 17.9 Å². The molecule has 2 aliphatic rings. The van der Waals surface area contributed by atoms with Gasteiger partial charge in [-0.1, -0.05) is 146 Å². The van der Waals surface area contributed by atoms with E-state index in [4.69, 9.17) is 13.7 Å². The SMILES string of the molecule is [C-]#[N+]c1c(-n2c3cc(-c4ccc5oc6ccccc6c5c4)ccc3c3ccc(-c4ccc5oc6ccccc6c5c4)cc32)c(C#N)c2c3c1-n1c4ccccc4c4cccc(c41)B3c1cccc3c4ccccc4n-2c13. The number of hydrogen-bond donors (Lipinski definition) is 0. The molecule has 7 nitrogen and oxygen atoms in total. The molecular formula is C68H34BN5O2. The van der Waals surface area contributed by atoms with Crippen molar-refractivity contribution >= 4 is 138 Å². The van der Waals surface area contributed by atoms with E-state index in [1.165, 1.54) is 0 Å². The van der Waals surface area contributed by atoms with E-state index in [0.29, 0.717) is 16.9 Å². The number of fused-ring (bicyclic) bond motifs is 19. The highest BCUT2D eigenvalue weighted by Crippen LogP contribution is 2.49. The van der Waals surface area contributed by atoms with Crippen LogP contribution in [0.4, 0.5) is 5.69 Å². The molecule has 346 valence electrons. The van der Waals surface area contributed by atoms with Crippen molar-refractivity contribution in [2.75, 3.05) is 0 Å². The Morgan fingerprint density at radius 3 is 1.34 bits per heavy atom. The summed E-state index contributed by atoms with van der Waals surface area (Å²) in [5, 5.41) is 23.0. The smallest absolute Gasteiger partial charge is 0.250 e. The van der Waals surface area contributed by atoms with Gasteiger partial charge in [0.05, 0.1) is 51.3 Å². The van der Waals surface area contributed by atoms with Crippen molar-refractivity contribution in [3.63, 3.8) is 0 Å². The number of nitrogens with zero attached hydrogens (tertiary/aromatic N) is 5. The van der Waals surface area contributed by atoms with Crippen LogP contribution in [0.5, 0.6) is 0 Å². The molecule has 0 N–H and O–H groups in total. The molecule has 0 spiro atoms. The van der Waals surface area contributed by atoms with Gasteiger partial charge >= 0.3 is 0 Å². The van der Waals surface area contributed by atoms with Crippen molar-refractivity contribution in [1.82, 2.24) is 13.7 Å². The van der Waals surface area contributed by atoms with E-state index >= 15 is 0 Å². The molecular weight excluding hydrogens is 930 g/mol. The number of benzene rings is 11. The maximum absolute atomic E-state index is 12.3. The van der Waals surface area contributed by atoms with Gasteiger partial charge in [0.15, 0.2) is 0 Å². The molecule has 16 aromatic rings. The molecule has 8 heteroatoms. The summed E-state index contributed by atoms with van der Waals surface area (Å²) in [7, 11) is 0. The fraction of sp³-hybridized carbons (Fsp3) is 0. The molecule has 2 aliphatic heterocycles. The number of rotatable bonds is 3. The third kappa shape index (κ3) is 4.87. The van der Waals surface area contributed by atoms with Crippen molar-refractivity contribution in [1.29, 1.82) is 5.26 Å². The summed E-state index contributed by atoms with van der Waals surface area (Å²) < 4.78 is 19.6. The first-order valence-corrected chi connectivity index (χ1v) is 25.6. The molecule has 0 bridgehead atoms. The summed E-state index contributed by atoms with van der Waals surface area (Å²) in [4.78, 5) is 4.70. The molecule has 0 amide bonds. The van der Waals surface area contributed by atoms with Crippen LogP contribution in [0.15, 0.2) is 215 Å². The van der Waals surface area contributed by atoms with Crippen LogP contribution in [-0.2, 0) is 0 Å². The minimum Gasteiger partial charge on any atom is -0.456 e. The fourth-order valence-corrected chi connectivity index (χ4v) is 13.8. The Balaban J connectivity index is 1.02. The largest absolute Gasteiger partial charge is 0.456 e. The lowest BCUT2D eigenvalue weighted by Crippen LogP contribution is -2.59. The van der Waals surface area contributed by atoms with E-state index in [2.05, 4.69) is 190 Å². The van der Waals surface area contributed by atoms with Gasteiger partial charge in [-0.25, -0.2) is 4.85 Å². The van der Waals surface area contributed by atoms with Crippen molar-refractivity contribution in [3.05, 3.63) is 223 Å². The van der Waals surface area contributed by atoms with Gasteiger partial charge in [0.2, 0.25) is 5.69 Å². The first-order valence-electron chi connectivity index (χ1n) is 25.6. The molecule has 0 saturated carbocycles. The highest BCUT2D eigenvalue weighted by Gasteiger charge is 2.44. The van der Waals surface area contributed by atoms with Crippen LogP contribution >= 0.6 is 0 Å². The molecule has 0 aliphatic carbocycles. The fourth-order valence-electron chi connectivity index (χ4n) is 13.8. The van der Waals surface area contributed by atoms with Crippen LogP contribution in [0.2, 0.25) is 0 Å². The predicted molar refractivity (Wildman–Crippen MR) is 311 cm³/mol. The highest BCUT2D eigenvalue weighted by atomic mass is 16.3. The quantitative estimate of drug-likeness (QED) is 0.131. The summed E-state index contributed by atoms with van der Waals surface area (Å²) >= 11 is 0. The Kier molecular flexibility index (Phi) is 7.45. The van der Waals surface area contributed by atoms with E-state index in [9.17, 15) is 11.8 Å². The van der Waals surface area contributed by atoms with Crippen molar-refractivity contribution < 1.29 is 8.83 Å². The normalized spacial score (nSPS) is 12.7. The molecule has 0 atom stereocenters. The lowest BCUT2D eigenvalue weighted by atomic mass is 9.34. The van der Waals surface area contributed by atoms with Gasteiger partial charge in [-0.15, -0.1) is 0 Å². The summed E-state index contributed by atoms with van der Waals surface area (Å²) in [5.41, 5.74) is 19.8. The minimum absolute atomic E-state index is 0.258. The van der Waals surface area contributed by atoms with E-state index < -0.39 is 0 Å². The molecule has 0 fully saturated rings. The Morgan fingerprint density at radius 1 is 0.382 bits per heavy atom. The van der Waals surface area contributed by atoms with Gasteiger partial charge in [0, 0.05) is 64.9 Å². The Bertz CT molecular complexity index is 5140. The molecule has 76 heavy (non-hydrogen) atoms. The van der Waals surface area contributed by atoms with Crippen molar-refractivity contribution in [2.45, 2.75) is 0 Å². The second-order valence-corrected chi connectivity index (χ2v) is 20.4. The predicted octanol–water partition coefficient (Wildman–Crippen LogP) is 15.7. The van der Waals surface area contributed by atoms with E-state index in [1.807, 2.05) is 36.4 Å². The Hall–Kier alpha value is -10.5. The maximum atomic E-state index is 12.3. The van der Waals surface area contributed by atoms with Gasteiger partial charge < -0.3 is 22.5 Å². The van der Waals surface area contributed by atoms with Gasteiger partial charge in [0.25, 0.3) is 6.71 Å². The van der Waals surface area contributed by atoms with E-state index in [1.54, 1.807) is 0 Å². The van der Waals surface area contributed by atoms with Crippen LogP contribution in [0.1, 0.15) is 5.56 Å². The zero-order valence-electron chi connectivity index (χ0n) is 40.3. The van der Waals surface area contributed by atoms with Gasteiger partial charge in [0.1, 0.15) is 28.4 Å². The topological polar surface area (TPSA) is 69.2 Å². The molecule has 0 radical (unpaired) electrons. The number of hydrogen-bond acceptors (Lipinski definition) is 3. The summed E-state index contributed by atoms with van der Waals surface area (Å²) in [6, 6.07) is 75.8. The number of aromatic nitrogens is 3. The average Bonchev–Trinajstić information content (AvgIpc) is 4.41. The number of nitriles is 1. The standard InChI is InChI=1S/C68H34BN5O2/c1-71-63-67(51(36-70)66-62-68(63)74-55-21-7-3-13-42(55)48-17-11-19-53(65(48)74)69(62)52-18-10-16-47-41-12-2-6-20-54(41)73(66)64(47)52)72-56-34-39(37-26-30-60-49(32-37)45-14-4-8-22-58(45)75-60)24-28-43(56)44-29-25-40(35-57(44)72)38-27-31-61-50(33-38)46-15-5-9-23-59(46)76-61/h2-35H. The first-order chi connectivity index (χ1) is 37.6.